The number of fused-ring (bicyclic) bond motifs is 2. The fourth-order valence-corrected chi connectivity index (χ4v) is 11.9. The van der Waals surface area contributed by atoms with Crippen molar-refractivity contribution in [1.29, 1.82) is 0 Å². The number of aromatic amines is 2. The van der Waals surface area contributed by atoms with Gasteiger partial charge in [0.15, 0.2) is 6.10 Å². The number of nitrogens with two attached hydrogens (primary N) is 1. The molecule has 12 amide bonds. The number of phenols is 1. The summed E-state index contributed by atoms with van der Waals surface area (Å²) < 4.78 is 5.87. The van der Waals surface area contributed by atoms with Gasteiger partial charge in [0.25, 0.3) is 0 Å². The third kappa shape index (κ3) is 28.4. The minimum atomic E-state index is -2.73. The number of carboxylic acids is 4. The molecule has 22 N–H and O–H groups in total. The Kier molecular flexibility index (Phi) is 34.7. The summed E-state index contributed by atoms with van der Waals surface area (Å²) in [5.74, 6) is -26.2. The summed E-state index contributed by atoms with van der Waals surface area (Å²) in [6, 6.07) is -3.34. The number of hydrogen-bond donors (Lipinski definition) is 21. The summed E-state index contributed by atoms with van der Waals surface area (Å²) in [5.41, 5.74) is 5.36. The van der Waals surface area contributed by atoms with Crippen molar-refractivity contribution in [3.8, 4) is 5.75 Å². The van der Waals surface area contributed by atoms with Crippen molar-refractivity contribution in [3.05, 3.63) is 120 Å². The standard InChI is InChI=1S/C75H94N14O25/c1-38(2)17-11-9-7-5-4-6-8-10-12-22-55(92)80-54(37-90)71(109)88-61-39(3)114-75(113)53(30-42-35-78-47-21-16-14-19-45(42)47)86-67(105)48(27-28-57(94)95)81-74(112)63(64(102)65(76)103)87-56(93)36-79-66(104)50(31-58(96)97)85-73(111)62(40-23-25-43(91)26-24-40)89-70(108)52(33-60(100)101)83-69(107)51(32-59(98)99)82-68(106)49(84-72(61)110)29-41-34-77-46-20-15-13-18-44(41)46/h12-16,18-26,30,34-35,38-39,48-52,54,61-64,77-78,90-91,102H,4-11,17,27-29,31-33,36-37H2,1-3H3,(H2,76,103)(H,79,104)(H,80,92)(H,81,112)(H,82,106)(H,83,107)(H,84,110)(H,85,111)(H,86,105)(H,87,93)(H,88,109)(H,89,108)(H,94,95)(H,96,97)(H,98,99)(H,100,101)/b22-12+,53-30-/t39-,48-,49-,50+,51+,52+,54+,61+,62-,63-,64+/m1/s1. The first-order valence-corrected chi connectivity index (χ1v) is 36.4. The Morgan fingerprint density at radius 1 is 0.596 bits per heavy atom. The topological polar surface area (TPSA) is 631 Å². The van der Waals surface area contributed by atoms with Crippen LogP contribution >= 0.6 is 0 Å². The van der Waals surface area contributed by atoms with Crippen LogP contribution in [0.5, 0.6) is 5.75 Å². The van der Waals surface area contributed by atoms with Crippen molar-refractivity contribution < 1.29 is 122 Å². The van der Waals surface area contributed by atoms with Crippen LogP contribution in [0.2, 0.25) is 0 Å². The predicted octanol–water partition coefficient (Wildman–Crippen LogP) is -1.30. The molecule has 5 aromatic rings. The van der Waals surface area contributed by atoms with Gasteiger partial charge in [-0.2, -0.15) is 0 Å². The quantitative estimate of drug-likeness (QED) is 0.0144. The molecule has 3 heterocycles. The number of aliphatic hydroxyl groups is 2. The number of allylic oxidation sites excluding steroid dienone is 1. The van der Waals surface area contributed by atoms with E-state index in [-0.39, 0.29) is 16.7 Å². The Morgan fingerprint density at radius 3 is 1.73 bits per heavy atom. The zero-order valence-corrected chi connectivity index (χ0v) is 62.3. The van der Waals surface area contributed by atoms with E-state index in [1.807, 2.05) is 21.3 Å². The van der Waals surface area contributed by atoms with Crippen molar-refractivity contribution in [1.82, 2.24) is 68.5 Å². The molecule has 39 nitrogen and oxygen atoms in total. The first kappa shape index (κ1) is 89.8. The second-order valence-corrected chi connectivity index (χ2v) is 27.3. The Balaban J connectivity index is 1.50. The van der Waals surface area contributed by atoms with Crippen LogP contribution in [0.1, 0.15) is 133 Å². The van der Waals surface area contributed by atoms with Crippen LogP contribution in [0.25, 0.3) is 27.9 Å². The van der Waals surface area contributed by atoms with Gasteiger partial charge in [-0.1, -0.05) is 113 Å². The van der Waals surface area contributed by atoms with E-state index < -0.39 is 230 Å². The minimum Gasteiger partial charge on any atom is -0.508 e. The lowest BCUT2D eigenvalue weighted by atomic mass is 10.0. The van der Waals surface area contributed by atoms with E-state index in [1.165, 1.54) is 18.5 Å². The van der Waals surface area contributed by atoms with Gasteiger partial charge in [0, 0.05) is 52.6 Å². The fraction of sp³-hybridized carbons (Fsp3) is 0.427. The first-order valence-electron chi connectivity index (χ1n) is 36.4. The Hall–Kier alpha value is -13.1. The number of phenolic OH excluding ortho intramolecular Hbond substituents is 1. The van der Waals surface area contributed by atoms with Crippen LogP contribution in [0, 0.1) is 5.92 Å². The average Bonchev–Trinajstić information content (AvgIpc) is 1.63. The van der Waals surface area contributed by atoms with Gasteiger partial charge in [0.1, 0.15) is 71.9 Å². The van der Waals surface area contributed by atoms with Gasteiger partial charge < -0.3 is 115 Å². The highest BCUT2D eigenvalue weighted by molar-refractivity contribution is 6.05. The SMILES string of the molecule is CC(C)CCCCCCCCC/C=C/C(=O)N[C@@H](CO)C(=O)N[C@@H]1C(=O)N[C@H](Cc2c[nH]c3ccccc23)C(=O)N[C@@H](CC(=O)O)C(=O)N[C@@H](CC(=O)O)C(=O)N[C@H](c2ccc(O)cc2)C(=O)N[C@@H](CC(=O)O)C(=O)NCC(=O)N[C@H]([C@H](O)C(N)=O)C(=O)N[C@H](CCC(=O)O)C(=O)N/C(=C\c2c[nH]c3ccccc23)C(=O)O[C@@H]1C. The molecule has 6 rings (SSSR count). The molecule has 39 heteroatoms. The number of carbonyl (C=O) groups excluding carboxylic acids is 13. The maximum absolute atomic E-state index is 15.4. The molecule has 114 heavy (non-hydrogen) atoms. The molecular weight excluding hydrogens is 1500 g/mol. The monoisotopic (exact) mass is 1590 g/mol. The smallest absolute Gasteiger partial charge is 0.355 e. The van der Waals surface area contributed by atoms with Crippen molar-refractivity contribution in [2.45, 2.75) is 184 Å². The Labute approximate surface area is 650 Å². The number of amides is 12. The number of benzene rings is 3. The first-order chi connectivity index (χ1) is 54.1. The number of aliphatic hydroxyl groups excluding tert-OH is 2. The second-order valence-electron chi connectivity index (χ2n) is 27.3. The van der Waals surface area contributed by atoms with E-state index >= 15 is 14.4 Å². The lowest BCUT2D eigenvalue weighted by Crippen LogP contribution is -2.62. The molecule has 1 saturated heterocycles. The maximum atomic E-state index is 15.4. The zero-order valence-electron chi connectivity index (χ0n) is 62.3. The Morgan fingerprint density at radius 2 is 1.13 bits per heavy atom. The van der Waals surface area contributed by atoms with Crippen LogP contribution in [-0.4, -0.2) is 220 Å². The van der Waals surface area contributed by atoms with Crippen LogP contribution < -0.4 is 64.2 Å². The molecule has 0 spiro atoms. The number of H-pyrrole nitrogens is 2. The number of carboxylic acid groups (broad SMARTS) is 4. The summed E-state index contributed by atoms with van der Waals surface area (Å²) in [6.07, 6.45) is 3.48. The number of para-hydroxylation sites is 2. The van der Waals surface area contributed by atoms with Crippen molar-refractivity contribution in [2.24, 2.45) is 11.7 Å². The number of nitrogens with one attached hydrogen (secondary N) is 13. The van der Waals surface area contributed by atoms with E-state index in [0.29, 0.717) is 40.6 Å². The normalized spacial score (nSPS) is 21.4. The summed E-state index contributed by atoms with van der Waals surface area (Å²) in [4.78, 5) is 242. The molecule has 1 aliphatic heterocycles. The highest BCUT2D eigenvalue weighted by Crippen LogP contribution is 2.24. The number of primary amides is 1. The lowest BCUT2D eigenvalue weighted by molar-refractivity contribution is -0.150. The molecule has 0 saturated carbocycles. The molecule has 0 unspecified atom stereocenters. The molecule has 0 aliphatic carbocycles. The van der Waals surface area contributed by atoms with Crippen LogP contribution in [0.4, 0.5) is 0 Å². The van der Waals surface area contributed by atoms with Gasteiger partial charge in [-0.25, -0.2) is 4.79 Å². The number of aliphatic carboxylic acids is 4. The van der Waals surface area contributed by atoms with Crippen molar-refractivity contribution in [2.75, 3.05) is 13.2 Å². The number of aromatic nitrogens is 2. The fourth-order valence-electron chi connectivity index (χ4n) is 11.9. The van der Waals surface area contributed by atoms with E-state index in [0.717, 1.165) is 88.3 Å². The lowest BCUT2D eigenvalue weighted by Gasteiger charge is -2.29. The molecule has 1 aliphatic rings. The Bertz CT molecular complexity index is 4400. The van der Waals surface area contributed by atoms with Gasteiger partial charge in [-0.3, -0.25) is 76.7 Å². The van der Waals surface area contributed by atoms with Gasteiger partial charge in [-0.05, 0) is 79.6 Å². The molecule has 614 valence electrons. The van der Waals surface area contributed by atoms with E-state index in [9.17, 15) is 103 Å². The third-order valence-corrected chi connectivity index (χ3v) is 17.9. The van der Waals surface area contributed by atoms with Gasteiger partial charge in [0.05, 0.1) is 32.4 Å². The molecule has 1 fully saturated rings. The third-order valence-electron chi connectivity index (χ3n) is 17.9. The van der Waals surface area contributed by atoms with Crippen LogP contribution in [-0.2, 0) is 92.7 Å². The largest absolute Gasteiger partial charge is 0.508 e. The summed E-state index contributed by atoms with van der Waals surface area (Å²) in [6.45, 7) is 2.86. The number of esters is 1. The number of rotatable bonds is 30. The maximum Gasteiger partial charge on any atom is 0.355 e. The van der Waals surface area contributed by atoms with E-state index in [1.54, 1.807) is 48.5 Å². The highest BCUT2D eigenvalue weighted by atomic mass is 16.5. The molecular formula is C75H94N14O25. The van der Waals surface area contributed by atoms with Gasteiger partial charge >= 0.3 is 29.8 Å². The predicted molar refractivity (Wildman–Crippen MR) is 401 cm³/mol. The van der Waals surface area contributed by atoms with E-state index in [4.69, 9.17) is 10.5 Å². The van der Waals surface area contributed by atoms with Crippen molar-refractivity contribution in [3.63, 3.8) is 0 Å². The molecule has 3 aromatic carbocycles. The highest BCUT2D eigenvalue weighted by Gasteiger charge is 2.41. The summed E-state index contributed by atoms with van der Waals surface area (Å²) in [7, 11) is 0. The zero-order chi connectivity index (χ0) is 83.9. The number of ether oxygens (including phenoxy) is 1. The average molecular weight is 1590 g/mol. The molecule has 11 atom stereocenters. The van der Waals surface area contributed by atoms with Crippen molar-refractivity contribution >= 4 is 129 Å². The second kappa shape index (κ2) is 44.1. The number of aromatic hydroxyl groups is 1. The number of cyclic esters (lactones) is 1. The molecule has 2 aromatic heterocycles. The van der Waals surface area contributed by atoms with E-state index in [2.05, 4.69) is 61.0 Å². The molecule has 0 bridgehead atoms. The van der Waals surface area contributed by atoms with Gasteiger partial charge in [-0.15, -0.1) is 0 Å². The van der Waals surface area contributed by atoms with Crippen LogP contribution in [0.15, 0.2) is 103 Å². The number of unbranched alkanes of at least 4 members (excludes halogenated alkanes) is 7. The number of carbonyl (C=O) groups is 17. The van der Waals surface area contributed by atoms with Crippen LogP contribution in [0.3, 0.4) is 0 Å². The number of hydrogen-bond acceptors (Lipinski definition) is 21. The minimum absolute atomic E-state index is 0.0986. The summed E-state index contributed by atoms with van der Waals surface area (Å²) >= 11 is 0. The summed E-state index contributed by atoms with van der Waals surface area (Å²) in [5, 5.41) is 96.3. The van der Waals surface area contributed by atoms with Gasteiger partial charge in [0.2, 0.25) is 70.9 Å². The molecule has 0 radical (unpaired) electrons.